The highest BCUT2D eigenvalue weighted by Crippen LogP contribution is 2.31. The summed E-state index contributed by atoms with van der Waals surface area (Å²) in [4.78, 5) is 19.0. The highest BCUT2D eigenvalue weighted by Gasteiger charge is 2.18. The predicted octanol–water partition coefficient (Wildman–Crippen LogP) is 5.42. The van der Waals surface area contributed by atoms with Crippen molar-refractivity contribution in [3.8, 4) is 22.4 Å². The SMILES string of the molecule is CN(Cc1cc(-c2cccnc2)no1)C(=O)c1cccc2c(-c3ccoc3)cccc12. The first-order chi connectivity index (χ1) is 15.2. The number of fused-ring (bicyclic) bond motifs is 1. The molecule has 3 aromatic heterocycles. The molecule has 1 amide bonds. The smallest absolute Gasteiger partial charge is 0.254 e. The minimum atomic E-state index is -0.0886. The van der Waals surface area contributed by atoms with Crippen LogP contribution in [0, 0.1) is 0 Å². The Balaban J connectivity index is 1.43. The second-order valence-electron chi connectivity index (χ2n) is 7.30. The lowest BCUT2D eigenvalue weighted by Crippen LogP contribution is -2.26. The van der Waals surface area contributed by atoms with Crippen LogP contribution in [0.25, 0.3) is 33.2 Å². The number of nitrogens with zero attached hydrogens (tertiary/aromatic N) is 3. The summed E-state index contributed by atoms with van der Waals surface area (Å²) in [5.41, 5.74) is 4.21. The van der Waals surface area contributed by atoms with Crippen molar-refractivity contribution in [2.45, 2.75) is 6.54 Å². The van der Waals surface area contributed by atoms with E-state index in [1.54, 1.807) is 36.9 Å². The number of amides is 1. The summed E-state index contributed by atoms with van der Waals surface area (Å²) in [6.07, 6.45) is 6.79. The third-order valence-electron chi connectivity index (χ3n) is 5.24. The van der Waals surface area contributed by atoms with Crippen LogP contribution < -0.4 is 0 Å². The molecule has 0 aliphatic carbocycles. The van der Waals surface area contributed by atoms with E-state index in [0.29, 0.717) is 23.6 Å². The maximum atomic E-state index is 13.3. The first kappa shape index (κ1) is 18.8. The van der Waals surface area contributed by atoms with E-state index < -0.39 is 0 Å². The Morgan fingerprint density at radius 2 is 1.87 bits per heavy atom. The van der Waals surface area contributed by atoms with E-state index in [1.165, 1.54) is 0 Å². The van der Waals surface area contributed by atoms with Crippen LogP contribution in [0.1, 0.15) is 16.1 Å². The van der Waals surface area contributed by atoms with Crippen LogP contribution in [0.15, 0.2) is 94.5 Å². The van der Waals surface area contributed by atoms with E-state index in [2.05, 4.69) is 10.1 Å². The zero-order chi connectivity index (χ0) is 21.2. The lowest BCUT2D eigenvalue weighted by atomic mass is 9.96. The highest BCUT2D eigenvalue weighted by molar-refractivity contribution is 6.10. The molecule has 0 bridgehead atoms. The molecule has 31 heavy (non-hydrogen) atoms. The molecule has 2 aromatic carbocycles. The van der Waals surface area contributed by atoms with Crippen LogP contribution in [0.2, 0.25) is 0 Å². The van der Waals surface area contributed by atoms with Crippen LogP contribution in [0.3, 0.4) is 0 Å². The van der Waals surface area contributed by atoms with Gasteiger partial charge >= 0.3 is 0 Å². The van der Waals surface area contributed by atoms with Gasteiger partial charge in [-0.2, -0.15) is 0 Å². The van der Waals surface area contributed by atoms with Crippen molar-refractivity contribution in [3.05, 3.63) is 96.9 Å². The maximum absolute atomic E-state index is 13.3. The van der Waals surface area contributed by atoms with Gasteiger partial charge in [-0.05, 0) is 40.6 Å². The van der Waals surface area contributed by atoms with Gasteiger partial charge in [0.15, 0.2) is 5.76 Å². The molecule has 5 aromatic rings. The van der Waals surface area contributed by atoms with Gasteiger partial charge in [0, 0.05) is 42.2 Å². The number of furan rings is 1. The largest absolute Gasteiger partial charge is 0.472 e. The Hall–Kier alpha value is -4.19. The molecular weight excluding hydrogens is 390 g/mol. The van der Waals surface area contributed by atoms with Gasteiger partial charge in [0.05, 0.1) is 19.1 Å². The molecule has 0 spiro atoms. The van der Waals surface area contributed by atoms with Crippen LogP contribution >= 0.6 is 0 Å². The molecule has 0 aliphatic rings. The number of pyridine rings is 1. The Bertz CT molecular complexity index is 1340. The molecule has 6 heteroatoms. The topological polar surface area (TPSA) is 72.4 Å². The van der Waals surface area contributed by atoms with E-state index >= 15 is 0 Å². The molecule has 0 aliphatic heterocycles. The highest BCUT2D eigenvalue weighted by atomic mass is 16.5. The summed E-state index contributed by atoms with van der Waals surface area (Å²) < 4.78 is 10.7. The zero-order valence-corrected chi connectivity index (χ0v) is 16.9. The minimum Gasteiger partial charge on any atom is -0.472 e. The quantitative estimate of drug-likeness (QED) is 0.387. The molecule has 0 saturated carbocycles. The Labute approximate surface area is 178 Å². The van der Waals surface area contributed by atoms with Crippen molar-refractivity contribution in [1.29, 1.82) is 0 Å². The number of carbonyl (C=O) groups excluding carboxylic acids is 1. The number of hydrogen-bond donors (Lipinski definition) is 0. The van der Waals surface area contributed by atoms with Crippen molar-refractivity contribution < 1.29 is 13.7 Å². The van der Waals surface area contributed by atoms with Gasteiger partial charge in [-0.15, -0.1) is 0 Å². The molecule has 5 rings (SSSR count). The van der Waals surface area contributed by atoms with Crippen LogP contribution in [0.5, 0.6) is 0 Å². The number of hydrogen-bond acceptors (Lipinski definition) is 5. The van der Waals surface area contributed by atoms with E-state index in [9.17, 15) is 4.79 Å². The minimum absolute atomic E-state index is 0.0886. The molecule has 0 radical (unpaired) electrons. The third-order valence-corrected chi connectivity index (χ3v) is 5.24. The summed E-state index contributed by atoms with van der Waals surface area (Å²) in [5, 5.41) is 6.00. The number of rotatable bonds is 5. The number of carbonyl (C=O) groups is 1. The Morgan fingerprint density at radius 3 is 2.68 bits per heavy atom. The molecule has 0 N–H and O–H groups in total. The number of benzene rings is 2. The van der Waals surface area contributed by atoms with Crippen molar-refractivity contribution in [2.75, 3.05) is 7.05 Å². The first-order valence-corrected chi connectivity index (χ1v) is 9.86. The van der Waals surface area contributed by atoms with E-state index in [-0.39, 0.29) is 5.91 Å². The lowest BCUT2D eigenvalue weighted by molar-refractivity contribution is 0.0774. The summed E-state index contributed by atoms with van der Waals surface area (Å²) in [7, 11) is 1.76. The normalized spacial score (nSPS) is 11.0. The average molecular weight is 409 g/mol. The number of aromatic nitrogens is 2. The van der Waals surface area contributed by atoms with Crippen LogP contribution in [-0.4, -0.2) is 28.0 Å². The molecule has 0 saturated heterocycles. The fraction of sp³-hybridized carbons (Fsp3) is 0.0800. The lowest BCUT2D eigenvalue weighted by Gasteiger charge is -2.17. The predicted molar refractivity (Wildman–Crippen MR) is 117 cm³/mol. The fourth-order valence-corrected chi connectivity index (χ4v) is 3.71. The second-order valence-corrected chi connectivity index (χ2v) is 7.30. The third kappa shape index (κ3) is 3.59. The van der Waals surface area contributed by atoms with E-state index in [1.807, 2.05) is 60.7 Å². The molecule has 0 fully saturated rings. The van der Waals surface area contributed by atoms with Gasteiger partial charge in [-0.3, -0.25) is 9.78 Å². The Kier molecular flexibility index (Phi) is 4.80. The maximum Gasteiger partial charge on any atom is 0.254 e. The molecule has 6 nitrogen and oxygen atoms in total. The van der Waals surface area contributed by atoms with Crippen molar-refractivity contribution in [1.82, 2.24) is 15.0 Å². The van der Waals surface area contributed by atoms with Gasteiger partial charge in [0.2, 0.25) is 0 Å². The van der Waals surface area contributed by atoms with Gasteiger partial charge in [-0.25, -0.2) is 0 Å². The van der Waals surface area contributed by atoms with E-state index in [4.69, 9.17) is 8.94 Å². The summed E-state index contributed by atoms with van der Waals surface area (Å²) in [6.45, 7) is 0.309. The molecule has 3 heterocycles. The van der Waals surface area contributed by atoms with Crippen LogP contribution in [-0.2, 0) is 6.54 Å². The zero-order valence-electron chi connectivity index (χ0n) is 16.9. The average Bonchev–Trinajstić information content (AvgIpc) is 3.51. The Morgan fingerprint density at radius 1 is 1.00 bits per heavy atom. The standard InChI is InChI=1S/C25H19N3O3/c1-28(15-19-13-24(27-31-19)17-5-4-11-26-14-17)25(29)23-9-3-7-21-20(6-2-8-22(21)23)18-10-12-30-16-18/h2-14,16H,15H2,1H3. The van der Waals surface area contributed by atoms with Gasteiger partial charge < -0.3 is 13.8 Å². The fourth-order valence-electron chi connectivity index (χ4n) is 3.71. The first-order valence-electron chi connectivity index (χ1n) is 9.86. The van der Waals surface area contributed by atoms with Gasteiger partial charge in [0.1, 0.15) is 5.69 Å². The van der Waals surface area contributed by atoms with Crippen molar-refractivity contribution in [2.24, 2.45) is 0 Å². The molecule has 0 unspecified atom stereocenters. The van der Waals surface area contributed by atoms with Crippen LogP contribution in [0.4, 0.5) is 0 Å². The van der Waals surface area contributed by atoms with Gasteiger partial charge in [-0.1, -0.05) is 35.5 Å². The molecular formula is C25H19N3O3. The monoisotopic (exact) mass is 409 g/mol. The van der Waals surface area contributed by atoms with Gasteiger partial charge in [0.25, 0.3) is 5.91 Å². The van der Waals surface area contributed by atoms with E-state index in [0.717, 1.165) is 27.5 Å². The molecule has 152 valence electrons. The molecule has 0 atom stereocenters. The van der Waals surface area contributed by atoms with Crippen molar-refractivity contribution in [3.63, 3.8) is 0 Å². The summed E-state index contributed by atoms with van der Waals surface area (Å²) in [6, 6.07) is 19.2. The van der Waals surface area contributed by atoms with Crippen molar-refractivity contribution >= 4 is 16.7 Å². The second kappa shape index (κ2) is 7.91. The summed E-state index contributed by atoms with van der Waals surface area (Å²) >= 11 is 0. The summed E-state index contributed by atoms with van der Waals surface area (Å²) in [5.74, 6) is 0.517.